The predicted octanol–water partition coefficient (Wildman–Crippen LogP) is 2.53. The number of carbonyl (C=O) groups is 1. The van der Waals surface area contributed by atoms with Crippen LogP contribution in [0.5, 0.6) is 0 Å². The van der Waals surface area contributed by atoms with Gasteiger partial charge in [-0.3, -0.25) is 4.79 Å². The molecule has 0 aliphatic carbocycles. The lowest BCUT2D eigenvalue weighted by molar-refractivity contribution is 0.0954. The van der Waals surface area contributed by atoms with Crippen LogP contribution >= 0.6 is 23.2 Å². The van der Waals surface area contributed by atoms with E-state index in [1.807, 2.05) is 0 Å². The van der Waals surface area contributed by atoms with Crippen LogP contribution < -0.4 is 5.32 Å². The van der Waals surface area contributed by atoms with E-state index in [9.17, 15) is 4.79 Å². The van der Waals surface area contributed by atoms with Crippen molar-refractivity contribution in [3.8, 4) is 11.8 Å². The lowest BCUT2D eigenvalue weighted by Gasteiger charge is -2.03. The molecule has 1 heterocycles. The first-order valence-electron chi connectivity index (χ1n) is 4.64. The molecule has 5 heteroatoms. The molecule has 84 valence electrons. The molecule has 0 radical (unpaired) electrons. The van der Waals surface area contributed by atoms with Crippen LogP contribution in [0.1, 0.15) is 23.7 Å². The highest BCUT2D eigenvalue weighted by atomic mass is 35.5. The standard InChI is InChI=1S/C11H10Cl2N2O/c1-2-3-4-5-14-11(16)8-6-9(12)15-10(13)7-8/h6-7H,4-5H2,1H3,(H,14,16). The second-order valence-electron chi connectivity index (χ2n) is 2.93. The largest absolute Gasteiger partial charge is 0.351 e. The Labute approximate surface area is 104 Å². The van der Waals surface area contributed by atoms with Crippen molar-refractivity contribution < 1.29 is 4.79 Å². The predicted molar refractivity (Wildman–Crippen MR) is 64.7 cm³/mol. The van der Waals surface area contributed by atoms with E-state index in [0.717, 1.165) is 0 Å². The summed E-state index contributed by atoms with van der Waals surface area (Å²) in [6.07, 6.45) is 0.620. The monoisotopic (exact) mass is 256 g/mol. The first-order chi connectivity index (χ1) is 7.63. The summed E-state index contributed by atoms with van der Waals surface area (Å²) in [6.45, 7) is 2.25. The van der Waals surface area contributed by atoms with E-state index in [1.54, 1.807) is 6.92 Å². The van der Waals surface area contributed by atoms with Crippen LogP contribution in [0.15, 0.2) is 12.1 Å². The quantitative estimate of drug-likeness (QED) is 0.513. The molecule has 0 fully saturated rings. The van der Waals surface area contributed by atoms with Crippen molar-refractivity contribution >= 4 is 29.1 Å². The van der Waals surface area contributed by atoms with Gasteiger partial charge in [-0.05, 0) is 19.1 Å². The van der Waals surface area contributed by atoms with Gasteiger partial charge in [0.05, 0.1) is 0 Å². The maximum absolute atomic E-state index is 11.6. The van der Waals surface area contributed by atoms with E-state index >= 15 is 0 Å². The van der Waals surface area contributed by atoms with Gasteiger partial charge in [-0.15, -0.1) is 11.8 Å². The fraction of sp³-hybridized carbons (Fsp3) is 0.273. The van der Waals surface area contributed by atoms with Gasteiger partial charge in [0.2, 0.25) is 0 Å². The van der Waals surface area contributed by atoms with Gasteiger partial charge >= 0.3 is 0 Å². The van der Waals surface area contributed by atoms with Crippen molar-refractivity contribution in [1.82, 2.24) is 10.3 Å². The van der Waals surface area contributed by atoms with Gasteiger partial charge in [0.1, 0.15) is 10.3 Å². The molecule has 0 saturated heterocycles. The van der Waals surface area contributed by atoms with Crippen LogP contribution in [0.2, 0.25) is 10.3 Å². The molecule has 0 atom stereocenters. The minimum Gasteiger partial charge on any atom is -0.351 e. The molecule has 1 amide bonds. The Bertz CT molecular complexity index is 429. The summed E-state index contributed by atoms with van der Waals surface area (Å²) in [5.74, 6) is 5.36. The maximum atomic E-state index is 11.6. The van der Waals surface area contributed by atoms with Crippen molar-refractivity contribution in [3.63, 3.8) is 0 Å². The SMILES string of the molecule is CC#CCCNC(=O)c1cc(Cl)nc(Cl)c1. The van der Waals surface area contributed by atoms with E-state index in [-0.39, 0.29) is 16.2 Å². The van der Waals surface area contributed by atoms with Crippen molar-refractivity contribution in [2.75, 3.05) is 6.54 Å². The Morgan fingerprint density at radius 3 is 2.62 bits per heavy atom. The third-order valence-corrected chi connectivity index (χ3v) is 2.12. The van der Waals surface area contributed by atoms with Gasteiger partial charge in [0.25, 0.3) is 5.91 Å². The lowest BCUT2D eigenvalue weighted by atomic mass is 10.2. The zero-order valence-electron chi connectivity index (χ0n) is 8.68. The Kier molecular flexibility index (Phi) is 5.10. The normalized spacial score (nSPS) is 9.19. The number of carbonyl (C=O) groups excluding carboxylic acids is 1. The first-order valence-corrected chi connectivity index (χ1v) is 5.40. The summed E-state index contributed by atoms with van der Waals surface area (Å²) in [6, 6.07) is 2.93. The second-order valence-corrected chi connectivity index (χ2v) is 3.71. The smallest absolute Gasteiger partial charge is 0.251 e. The highest BCUT2D eigenvalue weighted by molar-refractivity contribution is 6.33. The minimum atomic E-state index is -0.232. The van der Waals surface area contributed by atoms with Gasteiger partial charge < -0.3 is 5.32 Å². The highest BCUT2D eigenvalue weighted by Gasteiger charge is 2.07. The summed E-state index contributed by atoms with van der Waals surface area (Å²) in [5, 5.41) is 3.10. The molecule has 0 aliphatic rings. The van der Waals surface area contributed by atoms with Crippen LogP contribution in [0.3, 0.4) is 0 Å². The number of aromatic nitrogens is 1. The third kappa shape index (κ3) is 4.09. The van der Waals surface area contributed by atoms with E-state index in [4.69, 9.17) is 23.2 Å². The zero-order valence-corrected chi connectivity index (χ0v) is 10.2. The number of hydrogen-bond donors (Lipinski definition) is 1. The van der Waals surface area contributed by atoms with Crippen LogP contribution in [-0.2, 0) is 0 Å². The molecule has 0 aliphatic heterocycles. The second kappa shape index (κ2) is 6.37. The molecule has 1 rings (SSSR count). The molecule has 1 N–H and O–H groups in total. The summed E-state index contributed by atoms with van der Waals surface area (Å²) in [5.41, 5.74) is 0.398. The average Bonchev–Trinajstić information content (AvgIpc) is 2.22. The summed E-state index contributed by atoms with van der Waals surface area (Å²) in [4.78, 5) is 15.4. The number of nitrogens with zero attached hydrogens (tertiary/aromatic N) is 1. The minimum absolute atomic E-state index is 0.200. The number of hydrogen-bond acceptors (Lipinski definition) is 2. The molecule has 16 heavy (non-hydrogen) atoms. The van der Waals surface area contributed by atoms with E-state index in [1.165, 1.54) is 12.1 Å². The number of amides is 1. The zero-order chi connectivity index (χ0) is 12.0. The molecule has 3 nitrogen and oxygen atoms in total. The third-order valence-electron chi connectivity index (χ3n) is 1.74. The fourth-order valence-electron chi connectivity index (χ4n) is 1.06. The summed E-state index contributed by atoms with van der Waals surface area (Å²) < 4.78 is 0. The summed E-state index contributed by atoms with van der Waals surface area (Å²) >= 11 is 11.4. The molecule has 0 unspecified atom stereocenters. The molecule has 1 aromatic heterocycles. The molecule has 0 bridgehead atoms. The Hall–Kier alpha value is -1.24. The van der Waals surface area contributed by atoms with E-state index < -0.39 is 0 Å². The number of rotatable bonds is 3. The Morgan fingerprint density at radius 2 is 2.06 bits per heavy atom. The highest BCUT2D eigenvalue weighted by Crippen LogP contribution is 2.14. The van der Waals surface area contributed by atoms with E-state index in [0.29, 0.717) is 18.5 Å². The van der Waals surface area contributed by atoms with Crippen LogP contribution in [0, 0.1) is 11.8 Å². The summed E-state index contributed by atoms with van der Waals surface area (Å²) in [7, 11) is 0. The topological polar surface area (TPSA) is 42.0 Å². The van der Waals surface area contributed by atoms with Crippen molar-refractivity contribution in [2.24, 2.45) is 0 Å². The van der Waals surface area contributed by atoms with Crippen LogP contribution in [0.4, 0.5) is 0 Å². The molecule has 0 saturated carbocycles. The van der Waals surface area contributed by atoms with Crippen LogP contribution in [-0.4, -0.2) is 17.4 Å². The number of nitrogens with one attached hydrogen (secondary N) is 1. The van der Waals surface area contributed by atoms with Crippen molar-refractivity contribution in [3.05, 3.63) is 28.0 Å². The molecule has 1 aromatic rings. The molecule has 0 aromatic carbocycles. The van der Waals surface area contributed by atoms with Crippen molar-refractivity contribution in [2.45, 2.75) is 13.3 Å². The fourth-order valence-corrected chi connectivity index (χ4v) is 1.52. The van der Waals surface area contributed by atoms with Gasteiger partial charge in [0, 0.05) is 18.5 Å². The maximum Gasteiger partial charge on any atom is 0.251 e. The molecular formula is C11H10Cl2N2O. The molecule has 0 spiro atoms. The first kappa shape index (κ1) is 12.8. The number of halogens is 2. The van der Waals surface area contributed by atoms with Gasteiger partial charge in [0.15, 0.2) is 0 Å². The lowest BCUT2D eigenvalue weighted by Crippen LogP contribution is -2.24. The Morgan fingerprint density at radius 1 is 1.44 bits per heavy atom. The van der Waals surface area contributed by atoms with Crippen LogP contribution in [0.25, 0.3) is 0 Å². The molecular weight excluding hydrogens is 247 g/mol. The van der Waals surface area contributed by atoms with Gasteiger partial charge in [-0.2, -0.15) is 0 Å². The van der Waals surface area contributed by atoms with Gasteiger partial charge in [-0.25, -0.2) is 4.98 Å². The van der Waals surface area contributed by atoms with E-state index in [2.05, 4.69) is 22.1 Å². The average molecular weight is 257 g/mol. The number of pyridine rings is 1. The Balaban J connectivity index is 2.61. The van der Waals surface area contributed by atoms with Crippen molar-refractivity contribution in [1.29, 1.82) is 0 Å². The van der Waals surface area contributed by atoms with Gasteiger partial charge in [-0.1, -0.05) is 23.2 Å².